The lowest BCUT2D eigenvalue weighted by molar-refractivity contribution is -0.121. The quantitative estimate of drug-likeness (QED) is 0.698. The molecule has 0 bridgehead atoms. The molecule has 0 radical (unpaired) electrons. The Kier molecular flexibility index (Phi) is 7.73. The van der Waals surface area contributed by atoms with Gasteiger partial charge in [0.15, 0.2) is 11.5 Å². The van der Waals surface area contributed by atoms with E-state index in [1.54, 1.807) is 27.4 Å². The van der Waals surface area contributed by atoms with Crippen LogP contribution < -0.4 is 19.5 Å². The van der Waals surface area contributed by atoms with Gasteiger partial charge in [0.05, 0.1) is 33.8 Å². The topological polar surface area (TPSA) is 56.8 Å². The third-order valence-electron chi connectivity index (χ3n) is 4.64. The van der Waals surface area contributed by atoms with Gasteiger partial charge in [-0.3, -0.25) is 4.79 Å². The fraction of sp³-hybridized carbons (Fsp3) is 0.435. The maximum absolute atomic E-state index is 12.6. The Morgan fingerprint density at radius 3 is 2.07 bits per heavy atom. The van der Waals surface area contributed by atoms with Crippen LogP contribution >= 0.6 is 0 Å². The maximum Gasteiger partial charge on any atom is 0.225 e. The first kappa shape index (κ1) is 21.6. The van der Waals surface area contributed by atoms with Crippen LogP contribution in [0.1, 0.15) is 43.5 Å². The van der Waals surface area contributed by atoms with Crippen molar-refractivity contribution in [3.05, 3.63) is 53.1 Å². The summed E-state index contributed by atoms with van der Waals surface area (Å²) in [6.07, 6.45) is 1.25. The molecule has 1 N–H and O–H groups in total. The first-order valence-corrected chi connectivity index (χ1v) is 9.55. The van der Waals surface area contributed by atoms with Gasteiger partial charge in [0.25, 0.3) is 0 Å². The third kappa shape index (κ3) is 5.41. The van der Waals surface area contributed by atoms with Crippen molar-refractivity contribution in [2.45, 2.75) is 39.7 Å². The SMILES string of the molecule is COc1ccc(CC(=O)N[C@H](C)c2ccc(CC(C)C)cc2)c(OC)c1OC. The number of amides is 1. The molecule has 0 aliphatic carbocycles. The maximum atomic E-state index is 12.6. The van der Waals surface area contributed by atoms with Crippen molar-refractivity contribution >= 4 is 5.91 Å². The van der Waals surface area contributed by atoms with Gasteiger partial charge in [-0.05, 0) is 36.5 Å². The van der Waals surface area contributed by atoms with Crippen LogP contribution in [0.2, 0.25) is 0 Å². The zero-order valence-corrected chi connectivity index (χ0v) is 17.7. The normalized spacial score (nSPS) is 11.8. The zero-order chi connectivity index (χ0) is 20.7. The Labute approximate surface area is 168 Å². The molecule has 0 aliphatic heterocycles. The van der Waals surface area contributed by atoms with Crippen LogP contribution in [0, 0.1) is 5.92 Å². The van der Waals surface area contributed by atoms with Crippen molar-refractivity contribution in [3.63, 3.8) is 0 Å². The fourth-order valence-corrected chi connectivity index (χ4v) is 3.27. The first-order chi connectivity index (χ1) is 13.4. The third-order valence-corrected chi connectivity index (χ3v) is 4.64. The summed E-state index contributed by atoms with van der Waals surface area (Å²) >= 11 is 0. The van der Waals surface area contributed by atoms with E-state index in [0.29, 0.717) is 23.2 Å². The largest absolute Gasteiger partial charge is 0.493 e. The average Bonchev–Trinajstić information content (AvgIpc) is 2.67. The molecule has 1 atom stereocenters. The monoisotopic (exact) mass is 385 g/mol. The Bertz CT molecular complexity index is 784. The highest BCUT2D eigenvalue weighted by Crippen LogP contribution is 2.39. The van der Waals surface area contributed by atoms with E-state index in [1.807, 2.05) is 13.0 Å². The highest BCUT2D eigenvalue weighted by molar-refractivity contribution is 5.80. The Morgan fingerprint density at radius 1 is 0.893 bits per heavy atom. The standard InChI is InChI=1S/C23H31NO4/c1-15(2)13-17-7-9-18(10-8-17)16(3)24-21(25)14-19-11-12-20(26-4)23(28-6)22(19)27-5/h7-12,15-16H,13-14H2,1-6H3,(H,24,25)/t16-/m1/s1. The number of rotatable bonds is 9. The predicted octanol–water partition coefficient (Wildman–Crippen LogP) is 4.33. The molecule has 0 unspecified atom stereocenters. The van der Waals surface area contributed by atoms with E-state index in [1.165, 1.54) is 5.56 Å². The van der Waals surface area contributed by atoms with Crippen LogP contribution in [-0.2, 0) is 17.6 Å². The van der Waals surface area contributed by atoms with E-state index in [4.69, 9.17) is 14.2 Å². The van der Waals surface area contributed by atoms with Gasteiger partial charge < -0.3 is 19.5 Å². The minimum Gasteiger partial charge on any atom is -0.493 e. The smallest absolute Gasteiger partial charge is 0.225 e. The molecule has 2 aromatic rings. The summed E-state index contributed by atoms with van der Waals surface area (Å²) in [7, 11) is 4.67. The molecule has 5 nitrogen and oxygen atoms in total. The zero-order valence-electron chi connectivity index (χ0n) is 17.7. The molecule has 0 saturated carbocycles. The molecule has 2 rings (SSSR count). The van der Waals surface area contributed by atoms with E-state index in [2.05, 4.69) is 43.4 Å². The van der Waals surface area contributed by atoms with Gasteiger partial charge in [-0.25, -0.2) is 0 Å². The Balaban J connectivity index is 2.07. The Hall–Kier alpha value is -2.69. The van der Waals surface area contributed by atoms with Crippen molar-refractivity contribution in [1.29, 1.82) is 0 Å². The van der Waals surface area contributed by atoms with Crippen LogP contribution in [0.25, 0.3) is 0 Å². The number of hydrogen-bond acceptors (Lipinski definition) is 4. The highest BCUT2D eigenvalue weighted by Gasteiger charge is 2.19. The second-order valence-electron chi connectivity index (χ2n) is 7.30. The summed E-state index contributed by atoms with van der Waals surface area (Å²) in [6, 6.07) is 12.0. The summed E-state index contributed by atoms with van der Waals surface area (Å²) in [5, 5.41) is 3.06. The van der Waals surface area contributed by atoms with E-state index in [9.17, 15) is 4.79 Å². The molecule has 152 valence electrons. The molecular weight excluding hydrogens is 354 g/mol. The molecule has 0 fully saturated rings. The van der Waals surface area contributed by atoms with Gasteiger partial charge in [0.1, 0.15) is 0 Å². The van der Waals surface area contributed by atoms with E-state index in [0.717, 1.165) is 17.5 Å². The molecular formula is C23H31NO4. The highest BCUT2D eigenvalue weighted by atomic mass is 16.5. The lowest BCUT2D eigenvalue weighted by atomic mass is 10.00. The van der Waals surface area contributed by atoms with Crippen LogP contribution in [-0.4, -0.2) is 27.2 Å². The number of hydrogen-bond donors (Lipinski definition) is 1. The van der Waals surface area contributed by atoms with Gasteiger partial charge >= 0.3 is 0 Å². The number of nitrogens with one attached hydrogen (secondary N) is 1. The average molecular weight is 386 g/mol. The van der Waals surface area contributed by atoms with Crippen molar-refractivity contribution in [1.82, 2.24) is 5.32 Å². The molecule has 0 saturated heterocycles. The van der Waals surface area contributed by atoms with Crippen molar-refractivity contribution in [2.75, 3.05) is 21.3 Å². The number of ether oxygens (including phenoxy) is 3. The van der Waals surface area contributed by atoms with Crippen LogP contribution in [0.4, 0.5) is 0 Å². The van der Waals surface area contributed by atoms with Gasteiger partial charge in [-0.2, -0.15) is 0 Å². The first-order valence-electron chi connectivity index (χ1n) is 9.55. The molecule has 0 aromatic heterocycles. The van der Waals surface area contributed by atoms with Crippen LogP contribution in [0.3, 0.4) is 0 Å². The van der Waals surface area contributed by atoms with Gasteiger partial charge in [0, 0.05) is 5.56 Å². The van der Waals surface area contributed by atoms with Gasteiger partial charge in [-0.15, -0.1) is 0 Å². The molecule has 2 aromatic carbocycles. The summed E-state index contributed by atoms with van der Waals surface area (Å²) < 4.78 is 16.1. The lowest BCUT2D eigenvalue weighted by Crippen LogP contribution is -2.28. The van der Waals surface area contributed by atoms with Gasteiger partial charge in [0.2, 0.25) is 11.7 Å². The van der Waals surface area contributed by atoms with E-state index < -0.39 is 0 Å². The fourth-order valence-electron chi connectivity index (χ4n) is 3.27. The van der Waals surface area contributed by atoms with E-state index in [-0.39, 0.29) is 18.4 Å². The molecule has 5 heteroatoms. The van der Waals surface area contributed by atoms with Crippen molar-refractivity contribution < 1.29 is 19.0 Å². The molecule has 0 aliphatic rings. The second-order valence-corrected chi connectivity index (χ2v) is 7.30. The van der Waals surface area contributed by atoms with E-state index >= 15 is 0 Å². The Morgan fingerprint density at radius 2 is 1.54 bits per heavy atom. The van der Waals surface area contributed by atoms with Gasteiger partial charge in [-0.1, -0.05) is 44.2 Å². The minimum atomic E-state index is -0.0794. The number of carbonyl (C=O) groups excluding carboxylic acids is 1. The number of methoxy groups -OCH3 is 3. The lowest BCUT2D eigenvalue weighted by Gasteiger charge is -2.18. The number of carbonyl (C=O) groups is 1. The molecule has 0 heterocycles. The molecule has 1 amide bonds. The summed E-state index contributed by atoms with van der Waals surface area (Å²) in [5.74, 6) is 2.12. The molecule has 0 spiro atoms. The molecule has 28 heavy (non-hydrogen) atoms. The predicted molar refractivity (Wildman–Crippen MR) is 111 cm³/mol. The van der Waals surface area contributed by atoms with Crippen molar-refractivity contribution in [3.8, 4) is 17.2 Å². The van der Waals surface area contributed by atoms with Crippen LogP contribution in [0.15, 0.2) is 36.4 Å². The summed E-state index contributed by atoms with van der Waals surface area (Å²) in [5.41, 5.74) is 3.14. The van der Waals surface area contributed by atoms with Crippen molar-refractivity contribution in [2.24, 2.45) is 5.92 Å². The van der Waals surface area contributed by atoms with Crippen LogP contribution in [0.5, 0.6) is 17.2 Å². The summed E-state index contributed by atoms with van der Waals surface area (Å²) in [4.78, 5) is 12.6. The minimum absolute atomic E-state index is 0.0771. The summed E-state index contributed by atoms with van der Waals surface area (Å²) in [6.45, 7) is 6.40. The number of benzene rings is 2. The second kappa shape index (κ2) is 10.0.